The van der Waals surface area contributed by atoms with Crippen molar-refractivity contribution in [3.05, 3.63) is 34.6 Å². The molecule has 96 valence electrons. The molecule has 0 saturated carbocycles. The monoisotopic (exact) mass is 265 g/mol. The highest BCUT2D eigenvalue weighted by molar-refractivity contribution is 7.13. The molecular formula is C13H15NO3S. The van der Waals surface area contributed by atoms with E-state index in [4.69, 9.17) is 0 Å². The van der Waals surface area contributed by atoms with Crippen LogP contribution in [0, 0.1) is 5.92 Å². The van der Waals surface area contributed by atoms with Gasteiger partial charge in [-0.1, -0.05) is 37.5 Å². The molecule has 0 aliphatic heterocycles. The number of nitrogens with zero attached hydrogens (tertiary/aromatic N) is 1. The summed E-state index contributed by atoms with van der Waals surface area (Å²) in [6, 6.07) is 6.44. The number of aliphatic carboxylic acids is 1. The van der Waals surface area contributed by atoms with E-state index < -0.39 is 12.0 Å². The summed E-state index contributed by atoms with van der Waals surface area (Å²) in [5, 5.41) is 9.87. The first-order valence-electron chi connectivity index (χ1n) is 5.84. The van der Waals surface area contributed by atoms with Gasteiger partial charge in [0.05, 0.1) is 10.1 Å². The summed E-state index contributed by atoms with van der Waals surface area (Å²) < 4.78 is 2.21. The zero-order valence-electron chi connectivity index (χ0n) is 10.3. The SMILES string of the molecule is CC(C)C[C@@H](C(=O)O)n1sc2ccccc2c1=O. The third kappa shape index (κ3) is 2.31. The van der Waals surface area contributed by atoms with Crippen molar-refractivity contribution in [2.24, 2.45) is 5.92 Å². The molecule has 0 saturated heterocycles. The molecule has 2 aromatic rings. The number of hydrogen-bond donors (Lipinski definition) is 1. The van der Waals surface area contributed by atoms with Crippen molar-refractivity contribution in [3.8, 4) is 0 Å². The molecule has 0 radical (unpaired) electrons. The van der Waals surface area contributed by atoms with Crippen molar-refractivity contribution in [2.45, 2.75) is 26.3 Å². The lowest BCUT2D eigenvalue weighted by atomic mass is 10.0. The molecule has 0 fully saturated rings. The van der Waals surface area contributed by atoms with Crippen LogP contribution in [0.5, 0.6) is 0 Å². The summed E-state index contributed by atoms with van der Waals surface area (Å²) >= 11 is 1.23. The Kier molecular flexibility index (Phi) is 3.52. The summed E-state index contributed by atoms with van der Waals surface area (Å²) in [5.74, 6) is -0.722. The molecule has 0 amide bonds. The normalized spacial score (nSPS) is 13.1. The van der Waals surface area contributed by atoms with Crippen LogP contribution in [-0.4, -0.2) is 15.0 Å². The topological polar surface area (TPSA) is 59.3 Å². The average Bonchev–Trinajstić information content (AvgIpc) is 2.64. The first kappa shape index (κ1) is 12.8. The van der Waals surface area contributed by atoms with Crippen LogP contribution in [0.1, 0.15) is 26.3 Å². The Labute approximate surface area is 109 Å². The van der Waals surface area contributed by atoms with Crippen molar-refractivity contribution in [1.29, 1.82) is 0 Å². The van der Waals surface area contributed by atoms with Crippen molar-refractivity contribution >= 4 is 27.6 Å². The van der Waals surface area contributed by atoms with Gasteiger partial charge in [0.15, 0.2) is 0 Å². The second kappa shape index (κ2) is 4.94. The number of benzene rings is 1. The molecule has 0 unspecified atom stereocenters. The fraction of sp³-hybridized carbons (Fsp3) is 0.385. The molecule has 2 rings (SSSR count). The van der Waals surface area contributed by atoms with E-state index in [1.807, 2.05) is 26.0 Å². The molecule has 1 N–H and O–H groups in total. The largest absolute Gasteiger partial charge is 0.480 e. The number of fused-ring (bicyclic) bond motifs is 1. The van der Waals surface area contributed by atoms with Crippen molar-refractivity contribution in [2.75, 3.05) is 0 Å². The predicted octanol–water partition coefficient (Wildman–Crippen LogP) is 2.73. The van der Waals surface area contributed by atoms with E-state index in [2.05, 4.69) is 0 Å². The molecule has 1 aromatic carbocycles. The maximum atomic E-state index is 12.2. The minimum absolute atomic E-state index is 0.205. The zero-order chi connectivity index (χ0) is 13.3. The second-order valence-corrected chi connectivity index (χ2v) is 5.72. The number of carboxylic acids is 1. The van der Waals surface area contributed by atoms with E-state index in [0.29, 0.717) is 11.8 Å². The van der Waals surface area contributed by atoms with E-state index in [-0.39, 0.29) is 11.5 Å². The van der Waals surface area contributed by atoms with Gasteiger partial charge in [-0.25, -0.2) is 8.75 Å². The van der Waals surface area contributed by atoms with Gasteiger partial charge in [0.2, 0.25) is 0 Å². The Morgan fingerprint density at radius 2 is 2.06 bits per heavy atom. The standard InChI is InChI=1S/C13H15NO3S/c1-8(2)7-10(13(16)17)14-12(15)9-5-3-4-6-11(9)18-14/h3-6,8,10H,7H2,1-2H3,(H,16,17)/t10-/m0/s1. The molecular weight excluding hydrogens is 250 g/mol. The van der Waals surface area contributed by atoms with E-state index >= 15 is 0 Å². The fourth-order valence-corrected chi connectivity index (χ4v) is 3.03. The van der Waals surface area contributed by atoms with Gasteiger partial charge in [-0.2, -0.15) is 0 Å². The third-order valence-corrected chi connectivity index (χ3v) is 3.95. The maximum absolute atomic E-state index is 12.2. The average molecular weight is 265 g/mol. The van der Waals surface area contributed by atoms with Gasteiger partial charge >= 0.3 is 5.97 Å². The van der Waals surface area contributed by atoms with Crippen LogP contribution in [0.4, 0.5) is 0 Å². The van der Waals surface area contributed by atoms with Gasteiger partial charge in [-0.05, 0) is 24.5 Å². The lowest BCUT2D eigenvalue weighted by Crippen LogP contribution is -2.26. The predicted molar refractivity (Wildman–Crippen MR) is 72.2 cm³/mol. The van der Waals surface area contributed by atoms with Crippen LogP contribution in [0.25, 0.3) is 10.1 Å². The first-order chi connectivity index (χ1) is 8.50. The van der Waals surface area contributed by atoms with Gasteiger partial charge in [0, 0.05) is 0 Å². The van der Waals surface area contributed by atoms with E-state index in [9.17, 15) is 14.7 Å². The molecule has 1 heterocycles. The molecule has 0 aliphatic rings. The van der Waals surface area contributed by atoms with Crippen LogP contribution < -0.4 is 5.56 Å². The molecule has 5 heteroatoms. The summed E-state index contributed by atoms with van der Waals surface area (Å²) in [6.45, 7) is 3.91. The van der Waals surface area contributed by atoms with Crippen molar-refractivity contribution in [3.63, 3.8) is 0 Å². The molecule has 0 spiro atoms. The molecule has 1 atom stereocenters. The minimum atomic E-state index is -0.947. The Morgan fingerprint density at radius 3 is 2.61 bits per heavy atom. The van der Waals surface area contributed by atoms with Gasteiger partial charge < -0.3 is 5.11 Å². The molecule has 1 aromatic heterocycles. The van der Waals surface area contributed by atoms with Gasteiger partial charge in [0.25, 0.3) is 5.56 Å². The molecule has 0 bridgehead atoms. The highest BCUT2D eigenvalue weighted by Gasteiger charge is 2.24. The highest BCUT2D eigenvalue weighted by atomic mass is 32.1. The molecule has 4 nitrogen and oxygen atoms in total. The zero-order valence-corrected chi connectivity index (χ0v) is 11.1. The lowest BCUT2D eigenvalue weighted by molar-refractivity contribution is -0.141. The van der Waals surface area contributed by atoms with Crippen LogP contribution in [-0.2, 0) is 4.79 Å². The fourth-order valence-electron chi connectivity index (χ4n) is 1.94. The number of aromatic nitrogens is 1. The Morgan fingerprint density at radius 1 is 1.39 bits per heavy atom. The van der Waals surface area contributed by atoms with Crippen molar-refractivity contribution in [1.82, 2.24) is 3.96 Å². The molecule has 18 heavy (non-hydrogen) atoms. The smallest absolute Gasteiger partial charge is 0.327 e. The summed E-state index contributed by atoms with van der Waals surface area (Å²) in [5.41, 5.74) is -0.205. The van der Waals surface area contributed by atoms with Crippen LogP contribution in [0.15, 0.2) is 29.1 Å². The first-order valence-corrected chi connectivity index (χ1v) is 6.61. The number of carbonyl (C=O) groups is 1. The Hall–Kier alpha value is -1.62. The Bertz CT molecular complexity index is 626. The van der Waals surface area contributed by atoms with E-state index in [1.165, 1.54) is 15.5 Å². The van der Waals surface area contributed by atoms with Gasteiger partial charge in [-0.15, -0.1) is 0 Å². The summed E-state index contributed by atoms with van der Waals surface area (Å²) in [7, 11) is 0. The third-order valence-electron chi connectivity index (χ3n) is 2.78. The number of rotatable bonds is 4. The second-order valence-electron chi connectivity index (χ2n) is 4.70. The number of hydrogen-bond acceptors (Lipinski definition) is 3. The van der Waals surface area contributed by atoms with Gasteiger partial charge in [-0.3, -0.25) is 4.79 Å². The number of carboxylic acid groups (broad SMARTS) is 1. The van der Waals surface area contributed by atoms with E-state index in [0.717, 1.165) is 4.70 Å². The summed E-state index contributed by atoms with van der Waals surface area (Å²) in [4.78, 5) is 23.5. The van der Waals surface area contributed by atoms with Crippen molar-refractivity contribution < 1.29 is 9.90 Å². The highest BCUT2D eigenvalue weighted by Crippen LogP contribution is 2.23. The lowest BCUT2D eigenvalue weighted by Gasteiger charge is -2.14. The summed E-state index contributed by atoms with van der Waals surface area (Å²) in [6.07, 6.45) is 0.460. The van der Waals surface area contributed by atoms with Crippen LogP contribution in [0.2, 0.25) is 0 Å². The minimum Gasteiger partial charge on any atom is -0.480 e. The van der Waals surface area contributed by atoms with Gasteiger partial charge in [0.1, 0.15) is 6.04 Å². The molecule has 0 aliphatic carbocycles. The maximum Gasteiger partial charge on any atom is 0.327 e. The van der Waals surface area contributed by atoms with Crippen LogP contribution >= 0.6 is 11.5 Å². The Balaban J connectivity index is 2.54. The van der Waals surface area contributed by atoms with E-state index in [1.54, 1.807) is 12.1 Å². The van der Waals surface area contributed by atoms with Crippen LogP contribution in [0.3, 0.4) is 0 Å². The quantitative estimate of drug-likeness (QED) is 0.924.